The van der Waals surface area contributed by atoms with Gasteiger partial charge in [-0.2, -0.15) is 0 Å². The summed E-state index contributed by atoms with van der Waals surface area (Å²) in [5.74, 6) is 0.00184. The molecule has 0 saturated carbocycles. The average molecular weight is 289 g/mol. The SMILES string of the molecule is CCCNC(=O)Nc1c(C)cccc1C(=O)N1CCCC1. The van der Waals surface area contributed by atoms with Crippen LogP contribution in [0.25, 0.3) is 0 Å². The normalized spacial score (nSPS) is 14.1. The molecule has 1 heterocycles. The molecule has 5 heteroatoms. The van der Waals surface area contributed by atoms with Crippen molar-refractivity contribution < 1.29 is 9.59 Å². The number of urea groups is 1. The van der Waals surface area contributed by atoms with Crippen LogP contribution in [0.3, 0.4) is 0 Å². The third-order valence-corrected chi connectivity index (χ3v) is 3.67. The van der Waals surface area contributed by atoms with Crippen LogP contribution in [0.5, 0.6) is 0 Å². The van der Waals surface area contributed by atoms with Crippen molar-refractivity contribution in [1.29, 1.82) is 0 Å². The minimum atomic E-state index is -0.262. The lowest BCUT2D eigenvalue weighted by Crippen LogP contribution is -2.32. The Kier molecular flexibility index (Phi) is 5.20. The summed E-state index contributed by atoms with van der Waals surface area (Å²) in [4.78, 5) is 26.3. The molecule has 0 unspecified atom stereocenters. The number of rotatable bonds is 4. The number of amides is 3. The minimum Gasteiger partial charge on any atom is -0.339 e. The van der Waals surface area contributed by atoms with Crippen LogP contribution in [-0.4, -0.2) is 36.5 Å². The third kappa shape index (κ3) is 3.74. The Morgan fingerprint density at radius 1 is 1.24 bits per heavy atom. The van der Waals surface area contributed by atoms with Gasteiger partial charge in [-0.05, 0) is 37.8 Å². The van der Waals surface area contributed by atoms with Crippen LogP contribution in [0.1, 0.15) is 42.1 Å². The maximum Gasteiger partial charge on any atom is 0.319 e. The summed E-state index contributed by atoms with van der Waals surface area (Å²) >= 11 is 0. The van der Waals surface area contributed by atoms with E-state index in [1.807, 2.05) is 30.9 Å². The van der Waals surface area contributed by atoms with Gasteiger partial charge in [0.1, 0.15) is 0 Å². The van der Waals surface area contributed by atoms with E-state index < -0.39 is 0 Å². The number of hydrogen-bond donors (Lipinski definition) is 2. The van der Waals surface area contributed by atoms with E-state index in [4.69, 9.17) is 0 Å². The predicted molar refractivity (Wildman–Crippen MR) is 83.6 cm³/mol. The van der Waals surface area contributed by atoms with Crippen molar-refractivity contribution in [1.82, 2.24) is 10.2 Å². The largest absolute Gasteiger partial charge is 0.339 e. The van der Waals surface area contributed by atoms with Crippen LogP contribution in [0.2, 0.25) is 0 Å². The first-order valence-electron chi connectivity index (χ1n) is 7.57. The highest BCUT2D eigenvalue weighted by molar-refractivity contribution is 6.04. The van der Waals surface area contributed by atoms with Crippen molar-refractivity contribution in [3.63, 3.8) is 0 Å². The molecule has 1 aromatic carbocycles. The number of carbonyl (C=O) groups excluding carboxylic acids is 2. The summed E-state index contributed by atoms with van der Waals surface area (Å²) in [5, 5.41) is 5.59. The second-order valence-electron chi connectivity index (χ2n) is 5.38. The summed E-state index contributed by atoms with van der Waals surface area (Å²) in [6, 6.07) is 5.27. The van der Waals surface area contributed by atoms with Gasteiger partial charge in [-0.15, -0.1) is 0 Å². The molecule has 0 aromatic heterocycles. The molecule has 2 rings (SSSR count). The van der Waals surface area contributed by atoms with Crippen molar-refractivity contribution in [2.24, 2.45) is 0 Å². The summed E-state index contributed by atoms with van der Waals surface area (Å²) in [6.45, 7) is 6.11. The van der Waals surface area contributed by atoms with E-state index >= 15 is 0 Å². The molecule has 0 radical (unpaired) electrons. The van der Waals surface area contributed by atoms with E-state index in [2.05, 4.69) is 10.6 Å². The zero-order valence-electron chi connectivity index (χ0n) is 12.7. The topological polar surface area (TPSA) is 61.4 Å². The highest BCUT2D eigenvalue weighted by Crippen LogP contribution is 2.23. The molecule has 0 bridgehead atoms. The first kappa shape index (κ1) is 15.4. The molecule has 5 nitrogen and oxygen atoms in total. The van der Waals surface area contributed by atoms with Crippen molar-refractivity contribution in [3.8, 4) is 0 Å². The van der Waals surface area contributed by atoms with Gasteiger partial charge in [0.25, 0.3) is 5.91 Å². The number of aryl methyl sites for hydroxylation is 1. The van der Waals surface area contributed by atoms with Crippen LogP contribution in [0.4, 0.5) is 10.5 Å². The molecule has 21 heavy (non-hydrogen) atoms. The van der Waals surface area contributed by atoms with Crippen molar-refractivity contribution in [2.75, 3.05) is 25.0 Å². The molecular formula is C16H23N3O2. The van der Waals surface area contributed by atoms with Gasteiger partial charge in [0, 0.05) is 19.6 Å². The molecule has 0 aliphatic carbocycles. The predicted octanol–water partition coefficient (Wildman–Crippen LogP) is 2.76. The van der Waals surface area contributed by atoms with E-state index in [1.165, 1.54) is 0 Å². The Labute approximate surface area is 125 Å². The standard InChI is InChI=1S/C16H23N3O2/c1-3-9-17-16(21)18-14-12(2)7-6-8-13(14)15(20)19-10-4-5-11-19/h6-8H,3-5,9-11H2,1-2H3,(H2,17,18,21). The van der Waals surface area contributed by atoms with Gasteiger partial charge in [-0.25, -0.2) is 4.79 Å². The highest BCUT2D eigenvalue weighted by atomic mass is 16.2. The molecule has 2 N–H and O–H groups in total. The number of nitrogens with one attached hydrogen (secondary N) is 2. The van der Waals surface area contributed by atoms with Crippen LogP contribution in [0.15, 0.2) is 18.2 Å². The number of nitrogens with zero attached hydrogens (tertiary/aromatic N) is 1. The van der Waals surface area contributed by atoms with Gasteiger partial charge in [0.15, 0.2) is 0 Å². The van der Waals surface area contributed by atoms with Gasteiger partial charge in [-0.3, -0.25) is 4.79 Å². The zero-order chi connectivity index (χ0) is 15.2. The maximum absolute atomic E-state index is 12.6. The maximum atomic E-state index is 12.6. The van der Waals surface area contributed by atoms with E-state index in [0.29, 0.717) is 17.8 Å². The number of para-hydroxylation sites is 1. The average Bonchev–Trinajstić information content (AvgIpc) is 3.00. The van der Waals surface area contributed by atoms with E-state index in [1.54, 1.807) is 6.07 Å². The Bertz CT molecular complexity index is 522. The van der Waals surface area contributed by atoms with Gasteiger partial charge >= 0.3 is 6.03 Å². The molecule has 1 aliphatic heterocycles. The first-order valence-corrected chi connectivity index (χ1v) is 7.57. The van der Waals surface area contributed by atoms with Crippen LogP contribution in [-0.2, 0) is 0 Å². The van der Waals surface area contributed by atoms with Crippen molar-refractivity contribution >= 4 is 17.6 Å². The zero-order valence-corrected chi connectivity index (χ0v) is 12.7. The van der Waals surface area contributed by atoms with E-state index in [9.17, 15) is 9.59 Å². The number of benzene rings is 1. The molecule has 0 atom stereocenters. The second kappa shape index (κ2) is 7.11. The highest BCUT2D eigenvalue weighted by Gasteiger charge is 2.23. The number of likely N-dealkylation sites (tertiary alicyclic amines) is 1. The fraction of sp³-hybridized carbons (Fsp3) is 0.500. The molecule has 1 fully saturated rings. The fourth-order valence-corrected chi connectivity index (χ4v) is 2.50. The summed E-state index contributed by atoms with van der Waals surface area (Å²) < 4.78 is 0. The smallest absolute Gasteiger partial charge is 0.319 e. The molecule has 1 aliphatic rings. The molecule has 1 saturated heterocycles. The van der Waals surface area contributed by atoms with Gasteiger partial charge < -0.3 is 15.5 Å². The van der Waals surface area contributed by atoms with Gasteiger partial charge in [-0.1, -0.05) is 19.1 Å². The Balaban J connectivity index is 2.19. The molecule has 1 aromatic rings. The second-order valence-corrected chi connectivity index (χ2v) is 5.38. The lowest BCUT2D eigenvalue weighted by Gasteiger charge is -2.19. The number of hydrogen-bond acceptors (Lipinski definition) is 2. The molecule has 114 valence electrons. The first-order chi connectivity index (χ1) is 10.1. The Hall–Kier alpha value is -2.04. The summed E-state index contributed by atoms with van der Waals surface area (Å²) in [6.07, 6.45) is 2.98. The Morgan fingerprint density at radius 3 is 2.62 bits per heavy atom. The minimum absolute atomic E-state index is 0.00184. The lowest BCUT2D eigenvalue weighted by atomic mass is 10.1. The summed E-state index contributed by atoms with van der Waals surface area (Å²) in [7, 11) is 0. The molecular weight excluding hydrogens is 266 g/mol. The van der Waals surface area contributed by atoms with Crippen LogP contribution < -0.4 is 10.6 Å². The van der Waals surface area contributed by atoms with Crippen LogP contribution in [0, 0.1) is 6.92 Å². The van der Waals surface area contributed by atoms with Crippen molar-refractivity contribution in [2.45, 2.75) is 33.1 Å². The van der Waals surface area contributed by atoms with E-state index in [-0.39, 0.29) is 11.9 Å². The van der Waals surface area contributed by atoms with Crippen LogP contribution >= 0.6 is 0 Å². The van der Waals surface area contributed by atoms with Crippen molar-refractivity contribution in [3.05, 3.63) is 29.3 Å². The number of anilines is 1. The van der Waals surface area contributed by atoms with E-state index in [0.717, 1.165) is 37.9 Å². The summed E-state index contributed by atoms with van der Waals surface area (Å²) in [5.41, 5.74) is 2.08. The fourth-order valence-electron chi connectivity index (χ4n) is 2.50. The molecule has 0 spiro atoms. The van der Waals surface area contributed by atoms with Gasteiger partial charge in [0.05, 0.1) is 11.3 Å². The monoisotopic (exact) mass is 289 g/mol. The third-order valence-electron chi connectivity index (χ3n) is 3.67. The lowest BCUT2D eigenvalue weighted by molar-refractivity contribution is 0.0794. The quantitative estimate of drug-likeness (QED) is 0.895. The Morgan fingerprint density at radius 2 is 1.95 bits per heavy atom. The molecule has 3 amide bonds. The van der Waals surface area contributed by atoms with Gasteiger partial charge in [0.2, 0.25) is 0 Å². The number of carbonyl (C=O) groups is 2.